The number of ether oxygens (including phenoxy) is 4. The molecule has 0 saturated heterocycles. The number of hydrogen-bond acceptors (Lipinski definition) is 7. The molecular weight excluding hydrogens is 421 g/mol. The minimum Gasteiger partial charge on any atom is -0.454 e. The van der Waals surface area contributed by atoms with Gasteiger partial charge in [0.1, 0.15) is 17.4 Å². The van der Waals surface area contributed by atoms with Gasteiger partial charge in [-0.05, 0) is 48.0 Å². The number of nitrogens with one attached hydrogen (secondary N) is 1. The molecule has 0 spiro atoms. The van der Waals surface area contributed by atoms with Crippen molar-refractivity contribution >= 4 is 23.6 Å². The topological polar surface area (TPSA) is 107 Å². The number of esters is 1. The van der Waals surface area contributed by atoms with Crippen LogP contribution in [-0.4, -0.2) is 31.6 Å². The van der Waals surface area contributed by atoms with Gasteiger partial charge in [-0.15, -0.1) is 13.2 Å². The molecule has 11 heteroatoms. The lowest BCUT2D eigenvalue weighted by Crippen LogP contribution is -2.21. The van der Waals surface area contributed by atoms with Crippen LogP contribution in [0.4, 0.5) is 18.9 Å². The summed E-state index contributed by atoms with van der Waals surface area (Å²) in [6.45, 7) is -0.636. The summed E-state index contributed by atoms with van der Waals surface area (Å²) in [5.74, 6) is -1.23. The molecule has 2 aromatic carbocycles. The van der Waals surface area contributed by atoms with E-state index in [1.165, 1.54) is 18.2 Å². The third-order valence-electron chi connectivity index (χ3n) is 3.75. The number of halogens is 3. The molecule has 1 amide bonds. The summed E-state index contributed by atoms with van der Waals surface area (Å²) in [6, 6.07) is 10.9. The fraction of sp³-hybridized carbons (Fsp3) is 0.150. The molecule has 2 aromatic rings. The minimum absolute atomic E-state index is 0.0723. The molecule has 1 N–H and O–H groups in total. The molecule has 0 aliphatic carbocycles. The second-order valence-corrected chi connectivity index (χ2v) is 5.98. The average Bonchev–Trinajstić information content (AvgIpc) is 3.18. The van der Waals surface area contributed by atoms with Gasteiger partial charge in [0.15, 0.2) is 18.1 Å². The van der Waals surface area contributed by atoms with Crippen molar-refractivity contribution in [3.8, 4) is 23.3 Å². The number of rotatable bonds is 6. The Bertz CT molecular complexity index is 1060. The number of alkyl halides is 3. The number of nitrogens with zero attached hydrogens (tertiary/aromatic N) is 1. The fourth-order valence-corrected chi connectivity index (χ4v) is 2.45. The van der Waals surface area contributed by atoms with E-state index in [0.29, 0.717) is 17.1 Å². The molecule has 1 aliphatic heterocycles. The number of hydrogen-bond donors (Lipinski definition) is 1. The second kappa shape index (κ2) is 9.08. The van der Waals surface area contributed by atoms with Crippen molar-refractivity contribution < 1.29 is 41.7 Å². The van der Waals surface area contributed by atoms with E-state index >= 15 is 0 Å². The van der Waals surface area contributed by atoms with Gasteiger partial charge in [0.2, 0.25) is 6.79 Å². The molecule has 8 nitrogen and oxygen atoms in total. The largest absolute Gasteiger partial charge is 0.573 e. The van der Waals surface area contributed by atoms with Gasteiger partial charge in [-0.1, -0.05) is 6.07 Å². The molecular formula is C20H13F3N2O6. The van der Waals surface area contributed by atoms with Gasteiger partial charge in [0.05, 0.1) is 0 Å². The number of carbonyl (C=O) groups excluding carboxylic acids is 2. The highest BCUT2D eigenvalue weighted by Crippen LogP contribution is 2.33. The number of nitriles is 1. The molecule has 0 bridgehead atoms. The Morgan fingerprint density at radius 3 is 2.52 bits per heavy atom. The maximum Gasteiger partial charge on any atom is 0.573 e. The summed E-state index contributed by atoms with van der Waals surface area (Å²) in [6.07, 6.45) is -3.56. The maximum atomic E-state index is 12.1. The first-order chi connectivity index (χ1) is 14.7. The molecule has 0 aromatic heterocycles. The zero-order valence-corrected chi connectivity index (χ0v) is 15.6. The van der Waals surface area contributed by atoms with Crippen LogP contribution in [0.5, 0.6) is 17.2 Å². The zero-order valence-electron chi connectivity index (χ0n) is 15.6. The van der Waals surface area contributed by atoms with E-state index in [1.54, 1.807) is 24.3 Å². The number of benzene rings is 2. The Morgan fingerprint density at radius 2 is 1.84 bits per heavy atom. The highest BCUT2D eigenvalue weighted by Gasteiger charge is 2.31. The van der Waals surface area contributed by atoms with Crippen LogP contribution in [0.1, 0.15) is 5.56 Å². The summed E-state index contributed by atoms with van der Waals surface area (Å²) in [5, 5.41) is 11.5. The number of carbonyl (C=O) groups is 2. The van der Waals surface area contributed by atoms with Gasteiger partial charge in [-0.3, -0.25) is 4.79 Å². The summed E-state index contributed by atoms with van der Waals surface area (Å²) >= 11 is 0. The van der Waals surface area contributed by atoms with Crippen molar-refractivity contribution in [3.63, 3.8) is 0 Å². The summed E-state index contributed by atoms with van der Waals surface area (Å²) < 4.78 is 55.3. The monoisotopic (exact) mass is 434 g/mol. The van der Waals surface area contributed by atoms with Crippen molar-refractivity contribution in [1.29, 1.82) is 5.26 Å². The van der Waals surface area contributed by atoms with Crippen LogP contribution < -0.4 is 19.5 Å². The lowest BCUT2D eigenvalue weighted by molar-refractivity contribution is -0.274. The molecule has 0 fully saturated rings. The first-order valence-electron chi connectivity index (χ1n) is 8.58. The van der Waals surface area contributed by atoms with Crippen LogP contribution in [0.25, 0.3) is 6.08 Å². The fourth-order valence-electron chi connectivity index (χ4n) is 2.45. The lowest BCUT2D eigenvalue weighted by Gasteiger charge is -2.10. The van der Waals surface area contributed by atoms with E-state index < -0.39 is 30.6 Å². The number of anilines is 1. The van der Waals surface area contributed by atoms with E-state index in [2.05, 4.69) is 10.1 Å². The van der Waals surface area contributed by atoms with Gasteiger partial charge in [-0.2, -0.15) is 5.26 Å². The van der Waals surface area contributed by atoms with Crippen LogP contribution in [0.2, 0.25) is 0 Å². The van der Waals surface area contributed by atoms with Gasteiger partial charge in [0, 0.05) is 5.69 Å². The molecule has 0 radical (unpaired) electrons. The Balaban J connectivity index is 1.54. The highest BCUT2D eigenvalue weighted by molar-refractivity contribution is 6.00. The highest BCUT2D eigenvalue weighted by atomic mass is 19.4. The van der Waals surface area contributed by atoms with Crippen molar-refractivity contribution in [2.45, 2.75) is 6.36 Å². The normalized spacial score (nSPS) is 12.6. The zero-order chi connectivity index (χ0) is 22.4. The third-order valence-corrected chi connectivity index (χ3v) is 3.75. The third kappa shape index (κ3) is 6.14. The van der Waals surface area contributed by atoms with Crippen LogP contribution >= 0.6 is 0 Å². The molecule has 0 unspecified atom stereocenters. The van der Waals surface area contributed by atoms with E-state index in [1.807, 2.05) is 0 Å². The predicted octanol–water partition coefficient (Wildman–Crippen LogP) is 3.40. The van der Waals surface area contributed by atoms with Crippen LogP contribution in [0.15, 0.2) is 48.0 Å². The molecule has 3 rings (SSSR count). The van der Waals surface area contributed by atoms with Crippen molar-refractivity contribution in [3.05, 3.63) is 53.6 Å². The molecule has 1 heterocycles. The van der Waals surface area contributed by atoms with E-state index in [0.717, 1.165) is 12.1 Å². The molecule has 160 valence electrons. The smallest absolute Gasteiger partial charge is 0.454 e. The van der Waals surface area contributed by atoms with Gasteiger partial charge in [0.25, 0.3) is 5.91 Å². The lowest BCUT2D eigenvalue weighted by atomic mass is 10.1. The predicted molar refractivity (Wildman–Crippen MR) is 98.9 cm³/mol. The molecule has 31 heavy (non-hydrogen) atoms. The Labute approximate surface area is 173 Å². The second-order valence-electron chi connectivity index (χ2n) is 5.98. The standard InChI is InChI=1S/C20H13F3N2O6/c21-20(22,23)31-15-4-2-14(3-5-15)25-18(26)10-28-19(27)13(9-24)7-12-1-6-16-17(8-12)30-11-29-16/h1-8H,10-11H2,(H,25,26)/b13-7+. The summed E-state index contributed by atoms with van der Waals surface area (Å²) in [4.78, 5) is 24.0. The maximum absolute atomic E-state index is 12.1. The SMILES string of the molecule is N#C/C(=C\c1ccc2c(c1)OCO2)C(=O)OCC(=O)Nc1ccc(OC(F)(F)F)cc1. The Morgan fingerprint density at radius 1 is 1.13 bits per heavy atom. The first kappa shape index (κ1) is 21.5. The van der Waals surface area contributed by atoms with Gasteiger partial charge in [-0.25, -0.2) is 4.79 Å². The van der Waals surface area contributed by atoms with E-state index in [4.69, 9.17) is 14.2 Å². The number of amides is 1. The van der Waals surface area contributed by atoms with Gasteiger partial charge < -0.3 is 24.3 Å². The van der Waals surface area contributed by atoms with Crippen LogP contribution in [0, 0.1) is 11.3 Å². The van der Waals surface area contributed by atoms with Crippen LogP contribution in [-0.2, 0) is 14.3 Å². The summed E-state index contributed by atoms with van der Waals surface area (Å²) in [7, 11) is 0. The average molecular weight is 434 g/mol. The minimum atomic E-state index is -4.83. The molecule has 0 saturated carbocycles. The van der Waals surface area contributed by atoms with E-state index in [-0.39, 0.29) is 18.1 Å². The first-order valence-corrected chi connectivity index (χ1v) is 8.58. The van der Waals surface area contributed by atoms with Crippen LogP contribution in [0.3, 0.4) is 0 Å². The quantitative estimate of drug-likeness (QED) is 0.422. The number of fused-ring (bicyclic) bond motifs is 1. The summed E-state index contributed by atoms with van der Waals surface area (Å²) in [5.41, 5.74) is 0.302. The van der Waals surface area contributed by atoms with Gasteiger partial charge >= 0.3 is 12.3 Å². The van der Waals surface area contributed by atoms with Crippen molar-refractivity contribution in [2.75, 3.05) is 18.7 Å². The van der Waals surface area contributed by atoms with Crippen molar-refractivity contribution in [1.82, 2.24) is 0 Å². The Kier molecular flexibility index (Phi) is 6.30. The van der Waals surface area contributed by atoms with Crippen molar-refractivity contribution in [2.24, 2.45) is 0 Å². The van der Waals surface area contributed by atoms with E-state index in [9.17, 15) is 28.0 Å². The Hall–Kier alpha value is -4.20. The molecule has 0 atom stereocenters. The molecule has 1 aliphatic rings.